The molecule has 1 heterocycles. The first-order valence-corrected chi connectivity index (χ1v) is 7.13. The van der Waals surface area contributed by atoms with E-state index in [2.05, 4.69) is 48.5 Å². The summed E-state index contributed by atoms with van der Waals surface area (Å²) in [5.74, 6) is 0. The van der Waals surface area contributed by atoms with Crippen molar-refractivity contribution in [3.05, 3.63) is 35.4 Å². The number of ether oxygens (including phenoxy) is 1. The highest BCUT2D eigenvalue weighted by molar-refractivity contribution is 5.22. The molecule has 0 unspecified atom stereocenters. The maximum absolute atomic E-state index is 5.14. The fourth-order valence-corrected chi connectivity index (χ4v) is 2.62. The molecule has 1 aliphatic rings. The third-order valence-electron chi connectivity index (χ3n) is 4.30. The van der Waals surface area contributed by atoms with E-state index in [4.69, 9.17) is 4.74 Å². The molecule has 1 saturated heterocycles. The van der Waals surface area contributed by atoms with E-state index in [1.807, 2.05) is 0 Å². The zero-order valence-corrected chi connectivity index (χ0v) is 12.4. The molecule has 3 nitrogen and oxygen atoms in total. The van der Waals surface area contributed by atoms with Crippen LogP contribution in [0.15, 0.2) is 24.3 Å². The van der Waals surface area contributed by atoms with Gasteiger partial charge in [0.05, 0.1) is 6.61 Å². The molecule has 19 heavy (non-hydrogen) atoms. The van der Waals surface area contributed by atoms with Gasteiger partial charge < -0.3 is 10.1 Å². The van der Waals surface area contributed by atoms with Crippen LogP contribution in [-0.4, -0.2) is 37.7 Å². The molecule has 1 fully saturated rings. The number of hydrogen-bond donors (Lipinski definition) is 1. The van der Waals surface area contributed by atoms with Gasteiger partial charge in [0.1, 0.15) is 0 Å². The molecule has 0 saturated carbocycles. The number of likely N-dealkylation sites (tertiary alicyclic amines) is 1. The molecule has 0 atom stereocenters. The second kappa shape index (κ2) is 6.51. The van der Waals surface area contributed by atoms with Crippen molar-refractivity contribution in [3.63, 3.8) is 0 Å². The van der Waals surface area contributed by atoms with Gasteiger partial charge in [-0.15, -0.1) is 0 Å². The standard InChI is InChI=1S/C16H26N2O/c1-16(17-2)8-10-18(11-9-16)12-14-4-6-15(7-5-14)13-19-3/h4-7,17H,8-13H2,1-3H3. The summed E-state index contributed by atoms with van der Waals surface area (Å²) in [6.45, 7) is 6.44. The van der Waals surface area contributed by atoms with Gasteiger partial charge in [0.25, 0.3) is 0 Å². The van der Waals surface area contributed by atoms with Crippen molar-refractivity contribution >= 4 is 0 Å². The van der Waals surface area contributed by atoms with Gasteiger partial charge in [0, 0.05) is 32.3 Å². The predicted molar refractivity (Wildman–Crippen MR) is 79.1 cm³/mol. The normalized spacial score (nSPS) is 19.5. The van der Waals surface area contributed by atoms with Gasteiger partial charge in [-0.3, -0.25) is 4.90 Å². The van der Waals surface area contributed by atoms with Crippen LogP contribution >= 0.6 is 0 Å². The Morgan fingerprint density at radius 2 is 1.74 bits per heavy atom. The lowest BCUT2D eigenvalue weighted by Gasteiger charge is -2.39. The maximum Gasteiger partial charge on any atom is 0.0713 e. The predicted octanol–water partition coefficient (Wildman–Crippen LogP) is 2.41. The largest absolute Gasteiger partial charge is 0.380 e. The first kappa shape index (κ1) is 14.5. The summed E-state index contributed by atoms with van der Waals surface area (Å²) in [7, 11) is 3.81. The fourth-order valence-electron chi connectivity index (χ4n) is 2.62. The van der Waals surface area contributed by atoms with Crippen molar-refractivity contribution in [1.29, 1.82) is 0 Å². The molecule has 1 aromatic carbocycles. The number of nitrogens with zero attached hydrogens (tertiary/aromatic N) is 1. The Morgan fingerprint density at radius 3 is 2.26 bits per heavy atom. The molecule has 0 radical (unpaired) electrons. The minimum absolute atomic E-state index is 0.332. The Kier molecular flexibility index (Phi) is 4.97. The molecule has 0 bridgehead atoms. The van der Waals surface area contributed by atoms with Crippen LogP contribution in [0.2, 0.25) is 0 Å². The summed E-state index contributed by atoms with van der Waals surface area (Å²) in [6, 6.07) is 8.78. The molecule has 2 rings (SSSR count). The molecule has 0 amide bonds. The molecular formula is C16H26N2O. The van der Waals surface area contributed by atoms with Gasteiger partial charge in [0.15, 0.2) is 0 Å². The summed E-state index contributed by atoms with van der Waals surface area (Å²) in [5.41, 5.74) is 2.97. The van der Waals surface area contributed by atoms with Gasteiger partial charge in [-0.1, -0.05) is 24.3 Å². The summed E-state index contributed by atoms with van der Waals surface area (Å²) in [5, 5.41) is 3.45. The second-order valence-electron chi connectivity index (χ2n) is 5.84. The van der Waals surface area contributed by atoms with E-state index < -0.39 is 0 Å². The average Bonchev–Trinajstić information content (AvgIpc) is 2.44. The van der Waals surface area contributed by atoms with E-state index in [1.165, 1.54) is 37.1 Å². The molecule has 3 heteroatoms. The van der Waals surface area contributed by atoms with Crippen LogP contribution in [0, 0.1) is 0 Å². The van der Waals surface area contributed by atoms with Crippen molar-refractivity contribution < 1.29 is 4.74 Å². The zero-order chi connectivity index (χ0) is 13.7. The zero-order valence-electron chi connectivity index (χ0n) is 12.4. The smallest absolute Gasteiger partial charge is 0.0713 e. The maximum atomic E-state index is 5.14. The number of benzene rings is 1. The second-order valence-corrected chi connectivity index (χ2v) is 5.84. The molecule has 0 aromatic heterocycles. The van der Waals surface area contributed by atoms with Crippen LogP contribution in [0.25, 0.3) is 0 Å². The monoisotopic (exact) mass is 262 g/mol. The van der Waals surface area contributed by atoms with Crippen LogP contribution in [0.3, 0.4) is 0 Å². The van der Waals surface area contributed by atoms with Crippen molar-refractivity contribution in [3.8, 4) is 0 Å². The lowest BCUT2D eigenvalue weighted by atomic mass is 9.90. The molecule has 0 spiro atoms. The number of piperidine rings is 1. The van der Waals surface area contributed by atoms with Crippen molar-refractivity contribution in [2.45, 2.75) is 38.5 Å². The number of nitrogens with one attached hydrogen (secondary N) is 1. The Labute approximate surface area is 116 Å². The van der Waals surface area contributed by atoms with Crippen molar-refractivity contribution in [2.75, 3.05) is 27.2 Å². The van der Waals surface area contributed by atoms with Gasteiger partial charge >= 0.3 is 0 Å². The highest BCUT2D eigenvalue weighted by Gasteiger charge is 2.27. The van der Waals surface area contributed by atoms with Gasteiger partial charge in [-0.25, -0.2) is 0 Å². The number of methoxy groups -OCH3 is 1. The topological polar surface area (TPSA) is 24.5 Å². The first-order valence-electron chi connectivity index (χ1n) is 7.13. The van der Waals surface area contributed by atoms with Crippen LogP contribution < -0.4 is 5.32 Å². The minimum Gasteiger partial charge on any atom is -0.380 e. The van der Waals surface area contributed by atoms with Crippen LogP contribution in [0.4, 0.5) is 0 Å². The quantitative estimate of drug-likeness (QED) is 0.882. The minimum atomic E-state index is 0.332. The summed E-state index contributed by atoms with van der Waals surface area (Å²) >= 11 is 0. The van der Waals surface area contributed by atoms with E-state index >= 15 is 0 Å². The lowest BCUT2D eigenvalue weighted by molar-refractivity contribution is 0.146. The number of hydrogen-bond acceptors (Lipinski definition) is 3. The van der Waals surface area contributed by atoms with Gasteiger partial charge in [0.2, 0.25) is 0 Å². The molecule has 0 aliphatic carbocycles. The van der Waals surface area contributed by atoms with Crippen molar-refractivity contribution in [2.24, 2.45) is 0 Å². The summed E-state index contributed by atoms with van der Waals surface area (Å²) in [4.78, 5) is 2.55. The molecule has 1 aliphatic heterocycles. The van der Waals surface area contributed by atoms with E-state index in [0.29, 0.717) is 12.1 Å². The van der Waals surface area contributed by atoms with Gasteiger partial charge in [-0.05, 0) is 37.9 Å². The molecule has 1 aromatic rings. The Balaban J connectivity index is 1.85. The highest BCUT2D eigenvalue weighted by Crippen LogP contribution is 2.22. The lowest BCUT2D eigenvalue weighted by Crippen LogP contribution is -2.49. The van der Waals surface area contributed by atoms with Crippen molar-refractivity contribution in [1.82, 2.24) is 10.2 Å². The molecule has 1 N–H and O–H groups in total. The van der Waals surface area contributed by atoms with E-state index in [0.717, 1.165) is 6.54 Å². The van der Waals surface area contributed by atoms with E-state index in [1.54, 1.807) is 7.11 Å². The number of rotatable bonds is 5. The Hall–Kier alpha value is -0.900. The average molecular weight is 262 g/mol. The van der Waals surface area contributed by atoms with Gasteiger partial charge in [-0.2, -0.15) is 0 Å². The first-order chi connectivity index (χ1) is 9.15. The Bertz CT molecular complexity index is 380. The summed E-state index contributed by atoms with van der Waals surface area (Å²) in [6.07, 6.45) is 2.45. The molecule has 106 valence electrons. The SMILES string of the molecule is CNC1(C)CCN(Cc2ccc(COC)cc2)CC1. The van der Waals surface area contributed by atoms with Crippen LogP contribution in [0.5, 0.6) is 0 Å². The third kappa shape index (κ3) is 4.03. The Morgan fingerprint density at radius 1 is 1.16 bits per heavy atom. The van der Waals surface area contributed by atoms with E-state index in [-0.39, 0.29) is 0 Å². The van der Waals surface area contributed by atoms with Crippen LogP contribution in [-0.2, 0) is 17.9 Å². The summed E-state index contributed by atoms with van der Waals surface area (Å²) < 4.78 is 5.14. The van der Waals surface area contributed by atoms with Crippen LogP contribution in [0.1, 0.15) is 30.9 Å². The molecular weight excluding hydrogens is 236 g/mol. The highest BCUT2D eigenvalue weighted by atomic mass is 16.5. The third-order valence-corrected chi connectivity index (χ3v) is 4.30. The van der Waals surface area contributed by atoms with E-state index in [9.17, 15) is 0 Å². The fraction of sp³-hybridized carbons (Fsp3) is 0.625.